The molecule has 1 aromatic carbocycles. The van der Waals surface area contributed by atoms with Crippen LogP contribution in [0.3, 0.4) is 0 Å². The summed E-state index contributed by atoms with van der Waals surface area (Å²) in [7, 11) is 3.25. The minimum absolute atomic E-state index is 0.324. The maximum Gasteiger partial charge on any atom is 0.195 e. The third kappa shape index (κ3) is 2.32. The summed E-state index contributed by atoms with van der Waals surface area (Å²) >= 11 is 5.35. The minimum Gasteiger partial charge on any atom is -0.498 e. The number of nitrogens with one attached hydrogen (secondary N) is 1. The number of aryl methyl sites for hydroxylation is 1. The highest BCUT2D eigenvalue weighted by molar-refractivity contribution is 7.81. The normalized spacial score (nSPS) is 16.5. The van der Waals surface area contributed by atoms with Gasteiger partial charge in [0.2, 0.25) is 0 Å². The van der Waals surface area contributed by atoms with Crippen LogP contribution in [0.2, 0.25) is 0 Å². The van der Waals surface area contributed by atoms with Gasteiger partial charge >= 0.3 is 0 Å². The summed E-state index contributed by atoms with van der Waals surface area (Å²) in [5, 5.41) is 3.93. The predicted molar refractivity (Wildman–Crippen MR) is 82.4 cm³/mol. The van der Waals surface area contributed by atoms with E-state index in [4.69, 9.17) is 21.7 Å². The smallest absolute Gasteiger partial charge is 0.195 e. The zero-order valence-corrected chi connectivity index (χ0v) is 12.8. The van der Waals surface area contributed by atoms with Crippen LogP contribution in [0.5, 0.6) is 0 Å². The lowest BCUT2D eigenvalue weighted by Crippen LogP contribution is -2.39. The molecule has 0 bridgehead atoms. The number of ether oxygens (including phenoxy) is 2. The van der Waals surface area contributed by atoms with Gasteiger partial charge in [0.05, 0.1) is 25.3 Å². The topological polar surface area (TPSA) is 30.5 Å². The molecule has 0 unspecified atom stereocenters. The van der Waals surface area contributed by atoms with Crippen molar-refractivity contribution in [3.8, 4) is 0 Å². The van der Waals surface area contributed by atoms with Crippen molar-refractivity contribution in [3.05, 3.63) is 35.1 Å². The van der Waals surface area contributed by atoms with Gasteiger partial charge in [0.15, 0.2) is 5.05 Å². The molecular formula is C15H19NO2S. The Hall–Kier alpha value is -1.55. The van der Waals surface area contributed by atoms with Gasteiger partial charge in [-0.25, -0.2) is 0 Å². The van der Waals surface area contributed by atoms with E-state index in [1.165, 1.54) is 5.56 Å². The van der Waals surface area contributed by atoms with Crippen molar-refractivity contribution in [2.24, 2.45) is 0 Å². The first-order valence-electron chi connectivity index (χ1n) is 6.17. The molecule has 1 aliphatic heterocycles. The number of rotatable bonds is 2. The lowest BCUT2D eigenvalue weighted by atomic mass is 9.87. The summed E-state index contributed by atoms with van der Waals surface area (Å²) in [6.45, 7) is 6.18. The molecule has 0 aromatic heterocycles. The standard InChI is InChI=1S/C15H19NO2S/c1-9-6-7-11-10(8-9)12(14(19)18-5)13(17-4)15(2,3)16-11/h6-8,16H,1-5H3. The maximum atomic E-state index is 5.59. The van der Waals surface area contributed by atoms with Crippen LogP contribution in [0.4, 0.5) is 5.69 Å². The lowest BCUT2D eigenvalue weighted by Gasteiger charge is -2.36. The summed E-state index contributed by atoms with van der Waals surface area (Å²) in [4.78, 5) is 0. The van der Waals surface area contributed by atoms with Crippen molar-refractivity contribution >= 4 is 28.5 Å². The number of fused-ring (bicyclic) bond motifs is 1. The molecule has 0 saturated heterocycles. The summed E-state index contributed by atoms with van der Waals surface area (Å²) in [5.74, 6) is 0.803. The Bertz CT molecular complexity index is 561. The third-order valence-electron chi connectivity index (χ3n) is 3.28. The molecule has 0 saturated carbocycles. The van der Waals surface area contributed by atoms with Gasteiger partial charge in [-0.3, -0.25) is 0 Å². The Morgan fingerprint density at radius 1 is 1.26 bits per heavy atom. The van der Waals surface area contributed by atoms with E-state index in [0.717, 1.165) is 22.6 Å². The highest BCUT2D eigenvalue weighted by Gasteiger charge is 2.36. The third-order valence-corrected chi connectivity index (χ3v) is 3.65. The summed E-state index contributed by atoms with van der Waals surface area (Å²) < 4.78 is 10.9. The zero-order chi connectivity index (χ0) is 14.2. The van der Waals surface area contributed by atoms with Crippen LogP contribution in [0.15, 0.2) is 24.0 Å². The Balaban J connectivity index is 2.74. The first kappa shape index (κ1) is 13.9. The quantitative estimate of drug-likeness (QED) is 0.838. The summed E-state index contributed by atoms with van der Waals surface area (Å²) in [6, 6.07) is 6.24. The number of thiocarbonyl (C=S) groups is 1. The Labute approximate surface area is 119 Å². The fraction of sp³-hybridized carbons (Fsp3) is 0.400. The number of methoxy groups -OCH3 is 2. The highest BCUT2D eigenvalue weighted by Crippen LogP contribution is 2.40. The molecular weight excluding hydrogens is 258 g/mol. The van der Waals surface area contributed by atoms with Gasteiger partial charge in [-0.05, 0) is 45.1 Å². The van der Waals surface area contributed by atoms with Crippen molar-refractivity contribution in [3.63, 3.8) is 0 Å². The van der Waals surface area contributed by atoms with Crippen molar-refractivity contribution in [2.75, 3.05) is 19.5 Å². The van der Waals surface area contributed by atoms with Crippen molar-refractivity contribution < 1.29 is 9.47 Å². The van der Waals surface area contributed by atoms with Crippen LogP contribution in [0.25, 0.3) is 5.57 Å². The fourth-order valence-electron chi connectivity index (χ4n) is 2.46. The van der Waals surface area contributed by atoms with E-state index in [1.807, 2.05) is 0 Å². The van der Waals surface area contributed by atoms with Crippen LogP contribution >= 0.6 is 12.2 Å². The minimum atomic E-state index is -0.324. The van der Waals surface area contributed by atoms with Crippen molar-refractivity contribution in [1.29, 1.82) is 0 Å². The predicted octanol–water partition coefficient (Wildman–Crippen LogP) is 3.53. The number of hydrogen-bond acceptors (Lipinski definition) is 4. The van der Waals surface area contributed by atoms with Crippen LogP contribution in [0, 0.1) is 6.92 Å². The van der Waals surface area contributed by atoms with Gasteiger partial charge in [0.1, 0.15) is 5.76 Å². The molecule has 1 heterocycles. The molecule has 0 spiro atoms. The Morgan fingerprint density at radius 3 is 2.53 bits per heavy atom. The summed E-state index contributed by atoms with van der Waals surface area (Å²) in [6.07, 6.45) is 0. The second kappa shape index (κ2) is 4.85. The number of anilines is 1. The molecule has 0 atom stereocenters. The highest BCUT2D eigenvalue weighted by atomic mass is 32.1. The fourth-order valence-corrected chi connectivity index (χ4v) is 2.67. The monoisotopic (exact) mass is 277 g/mol. The van der Waals surface area contributed by atoms with E-state index < -0.39 is 0 Å². The van der Waals surface area contributed by atoms with Crippen molar-refractivity contribution in [2.45, 2.75) is 26.3 Å². The largest absolute Gasteiger partial charge is 0.498 e. The summed E-state index contributed by atoms with van der Waals surface area (Å²) in [5.41, 5.74) is 3.79. The van der Waals surface area contributed by atoms with E-state index in [9.17, 15) is 0 Å². The van der Waals surface area contributed by atoms with Gasteiger partial charge < -0.3 is 14.8 Å². The average molecular weight is 277 g/mol. The van der Waals surface area contributed by atoms with Gasteiger partial charge in [-0.15, -0.1) is 0 Å². The molecule has 0 amide bonds. The first-order valence-corrected chi connectivity index (χ1v) is 6.58. The van der Waals surface area contributed by atoms with Crippen LogP contribution in [0.1, 0.15) is 25.0 Å². The van der Waals surface area contributed by atoms with E-state index >= 15 is 0 Å². The number of benzene rings is 1. The Kier molecular flexibility index (Phi) is 3.54. The van der Waals surface area contributed by atoms with Crippen molar-refractivity contribution in [1.82, 2.24) is 0 Å². The maximum absolute atomic E-state index is 5.59. The molecule has 0 aliphatic carbocycles. The average Bonchev–Trinajstić information content (AvgIpc) is 2.36. The first-order chi connectivity index (χ1) is 8.90. The van der Waals surface area contributed by atoms with Gasteiger partial charge in [-0.1, -0.05) is 11.6 Å². The Morgan fingerprint density at radius 2 is 1.95 bits per heavy atom. The molecule has 1 N–H and O–H groups in total. The zero-order valence-electron chi connectivity index (χ0n) is 12.0. The van der Waals surface area contributed by atoms with Crippen LogP contribution in [-0.4, -0.2) is 24.8 Å². The molecule has 1 aromatic rings. The molecule has 0 radical (unpaired) electrons. The second-order valence-corrected chi connectivity index (χ2v) is 5.57. The van der Waals surface area contributed by atoms with Gasteiger partial charge in [0, 0.05) is 11.3 Å². The molecule has 1 aliphatic rings. The lowest BCUT2D eigenvalue weighted by molar-refractivity contribution is 0.246. The van der Waals surface area contributed by atoms with E-state index in [-0.39, 0.29) is 5.54 Å². The molecule has 4 heteroatoms. The number of hydrogen-bond donors (Lipinski definition) is 1. The van der Waals surface area contributed by atoms with Crippen LogP contribution in [-0.2, 0) is 9.47 Å². The molecule has 19 heavy (non-hydrogen) atoms. The molecule has 3 nitrogen and oxygen atoms in total. The van der Waals surface area contributed by atoms with Gasteiger partial charge in [-0.2, -0.15) is 0 Å². The van der Waals surface area contributed by atoms with Gasteiger partial charge in [0.25, 0.3) is 0 Å². The van der Waals surface area contributed by atoms with E-state index in [2.05, 4.69) is 44.3 Å². The van der Waals surface area contributed by atoms with E-state index in [0.29, 0.717) is 5.05 Å². The molecule has 102 valence electrons. The SMILES string of the molecule is COC(=S)C1=C(OC)C(C)(C)Nc2ccc(C)cc21. The van der Waals surface area contributed by atoms with E-state index in [1.54, 1.807) is 14.2 Å². The second-order valence-electron chi connectivity index (χ2n) is 5.20. The van der Waals surface area contributed by atoms with Crippen LogP contribution < -0.4 is 5.32 Å². The molecule has 2 rings (SSSR count). The molecule has 0 fully saturated rings.